The lowest BCUT2D eigenvalue weighted by atomic mass is 10.2. The zero-order chi connectivity index (χ0) is 11.3. The number of halogens is 2. The highest BCUT2D eigenvalue weighted by Crippen LogP contribution is 2.21. The number of rotatable bonds is 3. The van der Waals surface area contributed by atoms with Gasteiger partial charge in [0.15, 0.2) is 0 Å². The molecule has 2 nitrogen and oxygen atoms in total. The highest BCUT2D eigenvalue weighted by molar-refractivity contribution is 9.10. The Morgan fingerprint density at radius 2 is 2.33 bits per heavy atom. The molecule has 0 aromatic heterocycles. The van der Waals surface area contributed by atoms with Crippen molar-refractivity contribution >= 4 is 33.4 Å². The summed E-state index contributed by atoms with van der Waals surface area (Å²) in [5, 5.41) is 3.10. The van der Waals surface area contributed by atoms with Crippen LogP contribution in [-0.2, 0) is 0 Å². The standard InChI is InChI=1S/C11H9BrClNO/c1-2-3-6-14-11(15)9-5-4-8(12)7-10(9)13/h1,4-5,7H,3,6H2,(H,14,15). The van der Waals surface area contributed by atoms with E-state index >= 15 is 0 Å². The van der Waals surface area contributed by atoms with E-state index in [1.54, 1.807) is 18.2 Å². The van der Waals surface area contributed by atoms with Gasteiger partial charge in [0.25, 0.3) is 5.91 Å². The fraction of sp³-hybridized carbons (Fsp3) is 0.182. The lowest BCUT2D eigenvalue weighted by Crippen LogP contribution is -2.24. The van der Waals surface area contributed by atoms with Crippen molar-refractivity contribution in [1.82, 2.24) is 5.32 Å². The molecule has 0 saturated carbocycles. The monoisotopic (exact) mass is 285 g/mol. The third-order valence-electron chi connectivity index (χ3n) is 1.73. The number of carbonyl (C=O) groups is 1. The minimum absolute atomic E-state index is 0.206. The minimum Gasteiger partial charge on any atom is -0.351 e. The van der Waals surface area contributed by atoms with Gasteiger partial charge in [0.05, 0.1) is 10.6 Å². The van der Waals surface area contributed by atoms with Crippen molar-refractivity contribution in [3.05, 3.63) is 33.3 Å². The Kier molecular flexibility index (Phi) is 4.67. The summed E-state index contributed by atoms with van der Waals surface area (Å²) in [5.74, 6) is 2.24. The maximum absolute atomic E-state index is 11.6. The van der Waals surface area contributed by atoms with Gasteiger partial charge in [0.2, 0.25) is 0 Å². The third kappa shape index (κ3) is 3.58. The molecular weight excluding hydrogens is 277 g/mol. The van der Waals surface area contributed by atoms with Crippen LogP contribution in [0.3, 0.4) is 0 Å². The molecule has 1 amide bonds. The summed E-state index contributed by atoms with van der Waals surface area (Å²) in [7, 11) is 0. The van der Waals surface area contributed by atoms with E-state index in [0.717, 1.165) is 4.47 Å². The van der Waals surface area contributed by atoms with Crippen LogP contribution < -0.4 is 5.32 Å². The summed E-state index contributed by atoms with van der Waals surface area (Å²) >= 11 is 9.17. The summed E-state index contributed by atoms with van der Waals surface area (Å²) in [6.07, 6.45) is 5.58. The van der Waals surface area contributed by atoms with Gasteiger partial charge in [-0.05, 0) is 18.2 Å². The fourth-order valence-corrected chi connectivity index (χ4v) is 1.78. The largest absolute Gasteiger partial charge is 0.351 e. The van der Waals surface area contributed by atoms with Crippen molar-refractivity contribution in [1.29, 1.82) is 0 Å². The van der Waals surface area contributed by atoms with Gasteiger partial charge in [-0.2, -0.15) is 0 Å². The molecule has 0 aliphatic heterocycles. The van der Waals surface area contributed by atoms with Gasteiger partial charge in [-0.1, -0.05) is 27.5 Å². The number of hydrogen-bond acceptors (Lipinski definition) is 1. The van der Waals surface area contributed by atoms with Crippen LogP contribution in [0, 0.1) is 12.3 Å². The molecule has 15 heavy (non-hydrogen) atoms. The van der Waals surface area contributed by atoms with Crippen molar-refractivity contribution in [2.24, 2.45) is 0 Å². The Bertz CT molecular complexity index is 412. The molecule has 1 N–H and O–H groups in total. The van der Waals surface area contributed by atoms with E-state index in [2.05, 4.69) is 27.2 Å². The molecule has 0 saturated heterocycles. The summed E-state index contributed by atoms with van der Waals surface area (Å²) in [4.78, 5) is 11.6. The molecule has 1 aromatic rings. The first-order valence-electron chi connectivity index (χ1n) is 4.32. The molecule has 0 bridgehead atoms. The molecule has 4 heteroatoms. The Labute approximate surface area is 102 Å². The fourth-order valence-electron chi connectivity index (χ4n) is 1.02. The van der Waals surface area contributed by atoms with Crippen LogP contribution >= 0.6 is 27.5 Å². The molecule has 0 fully saturated rings. The summed E-state index contributed by atoms with van der Waals surface area (Å²) in [6, 6.07) is 5.11. The first kappa shape index (κ1) is 12.1. The van der Waals surface area contributed by atoms with Crippen LogP contribution in [0.1, 0.15) is 16.8 Å². The number of amides is 1. The van der Waals surface area contributed by atoms with Gasteiger partial charge in [-0.25, -0.2) is 0 Å². The topological polar surface area (TPSA) is 29.1 Å². The SMILES string of the molecule is C#CCCNC(=O)c1ccc(Br)cc1Cl. The second-order valence-electron chi connectivity index (χ2n) is 2.83. The first-order valence-corrected chi connectivity index (χ1v) is 5.49. The van der Waals surface area contributed by atoms with Gasteiger partial charge in [0, 0.05) is 17.4 Å². The van der Waals surface area contributed by atoms with E-state index in [0.29, 0.717) is 23.6 Å². The van der Waals surface area contributed by atoms with Crippen molar-refractivity contribution < 1.29 is 4.79 Å². The smallest absolute Gasteiger partial charge is 0.252 e. The Morgan fingerprint density at radius 1 is 1.60 bits per heavy atom. The number of hydrogen-bond donors (Lipinski definition) is 1. The Morgan fingerprint density at radius 3 is 2.93 bits per heavy atom. The molecule has 0 aliphatic carbocycles. The molecular formula is C11H9BrClNO. The predicted octanol–water partition coefficient (Wildman–Crippen LogP) is 2.86. The lowest BCUT2D eigenvalue weighted by molar-refractivity contribution is 0.0954. The molecule has 0 heterocycles. The van der Waals surface area contributed by atoms with Crippen LogP contribution in [0.5, 0.6) is 0 Å². The number of carbonyl (C=O) groups excluding carboxylic acids is 1. The average molecular weight is 287 g/mol. The van der Waals surface area contributed by atoms with E-state index in [1.165, 1.54) is 0 Å². The summed E-state index contributed by atoms with van der Waals surface area (Å²) in [5.41, 5.74) is 0.455. The predicted molar refractivity (Wildman–Crippen MR) is 64.9 cm³/mol. The maximum Gasteiger partial charge on any atom is 0.252 e. The summed E-state index contributed by atoms with van der Waals surface area (Å²) < 4.78 is 0.840. The van der Waals surface area contributed by atoms with Gasteiger partial charge >= 0.3 is 0 Å². The highest BCUT2D eigenvalue weighted by atomic mass is 79.9. The van der Waals surface area contributed by atoms with E-state index in [4.69, 9.17) is 18.0 Å². The van der Waals surface area contributed by atoms with Crippen molar-refractivity contribution in [3.63, 3.8) is 0 Å². The average Bonchev–Trinajstić information content (AvgIpc) is 2.17. The number of terminal acetylenes is 1. The summed E-state index contributed by atoms with van der Waals surface area (Å²) in [6.45, 7) is 0.460. The van der Waals surface area contributed by atoms with E-state index in [9.17, 15) is 4.79 Å². The Balaban J connectivity index is 2.70. The first-order chi connectivity index (χ1) is 7.15. The van der Waals surface area contributed by atoms with Crippen LogP contribution in [0.4, 0.5) is 0 Å². The second-order valence-corrected chi connectivity index (χ2v) is 4.16. The van der Waals surface area contributed by atoms with Gasteiger partial charge in [-0.15, -0.1) is 12.3 Å². The number of nitrogens with one attached hydrogen (secondary N) is 1. The minimum atomic E-state index is -0.206. The molecule has 0 atom stereocenters. The van der Waals surface area contributed by atoms with Crippen molar-refractivity contribution in [2.75, 3.05) is 6.54 Å². The zero-order valence-corrected chi connectivity index (χ0v) is 10.2. The van der Waals surface area contributed by atoms with Crippen LogP contribution in [-0.4, -0.2) is 12.5 Å². The quantitative estimate of drug-likeness (QED) is 0.672. The van der Waals surface area contributed by atoms with Gasteiger partial charge < -0.3 is 5.32 Å². The lowest BCUT2D eigenvalue weighted by Gasteiger charge is -2.05. The third-order valence-corrected chi connectivity index (χ3v) is 2.54. The van der Waals surface area contributed by atoms with Gasteiger partial charge in [-0.3, -0.25) is 4.79 Å². The molecule has 1 aromatic carbocycles. The van der Waals surface area contributed by atoms with Crippen molar-refractivity contribution in [2.45, 2.75) is 6.42 Å². The zero-order valence-electron chi connectivity index (χ0n) is 7.89. The van der Waals surface area contributed by atoms with Crippen LogP contribution in [0.2, 0.25) is 5.02 Å². The molecule has 1 rings (SSSR count). The Hall–Kier alpha value is -0.980. The van der Waals surface area contributed by atoms with Crippen LogP contribution in [0.15, 0.2) is 22.7 Å². The van der Waals surface area contributed by atoms with E-state index in [1.807, 2.05) is 0 Å². The molecule has 0 unspecified atom stereocenters. The number of benzene rings is 1. The van der Waals surface area contributed by atoms with E-state index in [-0.39, 0.29) is 5.91 Å². The maximum atomic E-state index is 11.6. The van der Waals surface area contributed by atoms with Crippen molar-refractivity contribution in [3.8, 4) is 12.3 Å². The molecule has 0 aliphatic rings. The highest BCUT2D eigenvalue weighted by Gasteiger charge is 2.09. The second kappa shape index (κ2) is 5.79. The van der Waals surface area contributed by atoms with E-state index < -0.39 is 0 Å². The normalized spacial score (nSPS) is 9.40. The van der Waals surface area contributed by atoms with Crippen LogP contribution in [0.25, 0.3) is 0 Å². The molecule has 0 radical (unpaired) electrons. The molecule has 78 valence electrons. The van der Waals surface area contributed by atoms with Gasteiger partial charge in [0.1, 0.15) is 0 Å². The molecule has 0 spiro atoms.